The summed E-state index contributed by atoms with van der Waals surface area (Å²) in [6.45, 7) is 7.90. The summed E-state index contributed by atoms with van der Waals surface area (Å²) in [5.41, 5.74) is 1.82. The van der Waals surface area contributed by atoms with Crippen LogP contribution >= 0.6 is 0 Å². The molecule has 0 aliphatic heterocycles. The summed E-state index contributed by atoms with van der Waals surface area (Å²) >= 11 is 0. The Labute approximate surface area is 130 Å². The number of hydrogen-bond donors (Lipinski definition) is 1. The number of nitrogens with zero attached hydrogens (tertiary/aromatic N) is 1. The van der Waals surface area contributed by atoms with Crippen molar-refractivity contribution >= 4 is 5.97 Å². The second-order valence-corrected chi connectivity index (χ2v) is 5.31. The third-order valence-corrected chi connectivity index (χ3v) is 3.30. The van der Waals surface area contributed by atoms with Crippen LogP contribution in [0.4, 0.5) is 0 Å². The summed E-state index contributed by atoms with van der Waals surface area (Å²) in [6.07, 6.45) is 0.724. The molecular weight excluding hydrogens is 284 g/mol. The van der Waals surface area contributed by atoms with Crippen molar-refractivity contribution in [2.75, 3.05) is 13.2 Å². The average molecular weight is 306 g/mol. The third-order valence-electron chi connectivity index (χ3n) is 3.30. The van der Waals surface area contributed by atoms with Crippen LogP contribution in [-0.2, 0) is 20.7 Å². The lowest BCUT2D eigenvalue weighted by atomic mass is 9.99. The normalized spacial score (nSPS) is 10.5. The van der Waals surface area contributed by atoms with E-state index in [9.17, 15) is 9.59 Å². The number of aromatic nitrogens is 1. The Morgan fingerprint density at radius 3 is 2.59 bits per heavy atom. The van der Waals surface area contributed by atoms with E-state index in [0.717, 1.165) is 5.56 Å². The topological polar surface area (TPSA) is 92.2 Å². The van der Waals surface area contributed by atoms with Gasteiger partial charge in [0.15, 0.2) is 0 Å². The number of hydrogen-bond acceptors (Lipinski definition) is 5. The van der Waals surface area contributed by atoms with E-state index in [1.165, 1.54) is 0 Å². The fourth-order valence-corrected chi connectivity index (χ4v) is 2.16. The maximum atomic E-state index is 11.7. The van der Waals surface area contributed by atoms with Gasteiger partial charge in [-0.25, -0.2) is 0 Å². The maximum Gasteiger partial charge on any atom is 0.306 e. The van der Waals surface area contributed by atoms with Gasteiger partial charge in [0, 0.05) is 12.1 Å². The highest BCUT2D eigenvalue weighted by atomic mass is 16.6. The monoisotopic (exact) mass is 306 g/mol. The van der Waals surface area contributed by atoms with Crippen molar-refractivity contribution in [1.82, 2.24) is 4.98 Å². The van der Waals surface area contributed by atoms with Gasteiger partial charge >= 0.3 is 5.97 Å². The molecular formula is C16H22N2O4. The molecule has 120 valence electrons. The molecule has 0 unspecified atom stereocenters. The molecule has 0 aliphatic rings. The van der Waals surface area contributed by atoms with Crippen LogP contribution in [0.25, 0.3) is 0 Å². The van der Waals surface area contributed by atoms with E-state index in [1.54, 1.807) is 13.8 Å². The van der Waals surface area contributed by atoms with Crippen LogP contribution in [0.2, 0.25) is 0 Å². The predicted molar refractivity (Wildman–Crippen MR) is 81.6 cm³/mol. The molecule has 1 aromatic heterocycles. The molecule has 22 heavy (non-hydrogen) atoms. The summed E-state index contributed by atoms with van der Waals surface area (Å²) in [5, 5.41) is 9.00. The van der Waals surface area contributed by atoms with E-state index in [4.69, 9.17) is 14.7 Å². The zero-order chi connectivity index (χ0) is 16.7. The number of pyridine rings is 1. The summed E-state index contributed by atoms with van der Waals surface area (Å²) in [7, 11) is 0. The molecule has 0 spiro atoms. The van der Waals surface area contributed by atoms with Crippen molar-refractivity contribution < 1.29 is 14.3 Å². The van der Waals surface area contributed by atoms with E-state index < -0.39 is 5.56 Å². The second kappa shape index (κ2) is 8.35. The van der Waals surface area contributed by atoms with Crippen LogP contribution < -0.4 is 5.56 Å². The van der Waals surface area contributed by atoms with Crippen LogP contribution in [-0.4, -0.2) is 30.3 Å². The van der Waals surface area contributed by atoms with Gasteiger partial charge in [0.2, 0.25) is 0 Å². The number of esters is 1. The van der Waals surface area contributed by atoms with Gasteiger partial charge < -0.3 is 14.5 Å². The number of rotatable bonds is 7. The number of aryl methyl sites for hydroxylation is 1. The Hall–Kier alpha value is -2.13. The molecule has 1 N–H and O–H groups in total. The van der Waals surface area contributed by atoms with Crippen LogP contribution in [0.5, 0.6) is 0 Å². The molecule has 0 bridgehead atoms. The van der Waals surface area contributed by atoms with E-state index >= 15 is 0 Å². The fourth-order valence-electron chi connectivity index (χ4n) is 2.16. The van der Waals surface area contributed by atoms with E-state index in [-0.39, 0.29) is 30.7 Å². The minimum Gasteiger partial charge on any atom is -0.463 e. The summed E-state index contributed by atoms with van der Waals surface area (Å²) in [4.78, 5) is 26.0. The highest BCUT2D eigenvalue weighted by Crippen LogP contribution is 2.15. The number of nitrogens with one attached hydrogen (secondary N) is 1. The SMILES string of the molecule is Cc1[nH]c(=O)c(C#N)c(C)c1CCC(=O)OCCOC(C)C. The lowest BCUT2D eigenvalue weighted by Crippen LogP contribution is -2.18. The molecule has 0 radical (unpaired) electrons. The Kier molecular flexibility index (Phi) is 6.80. The zero-order valence-corrected chi connectivity index (χ0v) is 13.5. The number of carbonyl (C=O) groups excluding carboxylic acids is 1. The first kappa shape index (κ1) is 17.9. The number of ether oxygens (including phenoxy) is 2. The predicted octanol–water partition coefficient (Wildman–Crippen LogP) is 1.76. The largest absolute Gasteiger partial charge is 0.463 e. The Bertz CT molecular complexity index is 626. The van der Waals surface area contributed by atoms with Crippen molar-refractivity contribution in [1.29, 1.82) is 5.26 Å². The molecule has 6 heteroatoms. The molecule has 0 amide bonds. The lowest BCUT2D eigenvalue weighted by Gasteiger charge is -2.11. The Balaban J connectivity index is 2.60. The summed E-state index contributed by atoms with van der Waals surface area (Å²) in [5.74, 6) is -0.323. The lowest BCUT2D eigenvalue weighted by molar-refractivity contribution is -0.145. The third kappa shape index (κ3) is 5.01. The van der Waals surface area contributed by atoms with Gasteiger partial charge in [-0.05, 0) is 45.2 Å². The summed E-state index contributed by atoms with van der Waals surface area (Å²) in [6, 6.07) is 1.89. The number of carbonyl (C=O) groups is 1. The first-order valence-corrected chi connectivity index (χ1v) is 7.26. The van der Waals surface area contributed by atoms with Crippen molar-refractivity contribution in [3.05, 3.63) is 32.7 Å². The first-order valence-electron chi connectivity index (χ1n) is 7.26. The Morgan fingerprint density at radius 1 is 1.32 bits per heavy atom. The van der Waals surface area contributed by atoms with Gasteiger partial charge in [0.25, 0.3) is 5.56 Å². The van der Waals surface area contributed by atoms with Gasteiger partial charge in [0.05, 0.1) is 12.7 Å². The van der Waals surface area contributed by atoms with Gasteiger partial charge in [-0.1, -0.05) is 0 Å². The number of aromatic amines is 1. The minimum absolute atomic E-state index is 0.0966. The zero-order valence-electron chi connectivity index (χ0n) is 13.5. The maximum absolute atomic E-state index is 11.7. The highest BCUT2D eigenvalue weighted by molar-refractivity contribution is 5.69. The van der Waals surface area contributed by atoms with Crippen molar-refractivity contribution in [3.63, 3.8) is 0 Å². The van der Waals surface area contributed by atoms with Crippen LogP contribution in [0.1, 0.15) is 42.7 Å². The van der Waals surface area contributed by atoms with Gasteiger partial charge in [-0.2, -0.15) is 5.26 Å². The smallest absolute Gasteiger partial charge is 0.306 e. The molecule has 1 heterocycles. The molecule has 0 aliphatic carbocycles. The van der Waals surface area contributed by atoms with Crippen molar-refractivity contribution in [2.45, 2.75) is 46.6 Å². The van der Waals surface area contributed by atoms with Crippen molar-refractivity contribution in [2.24, 2.45) is 0 Å². The van der Waals surface area contributed by atoms with Crippen LogP contribution in [0.3, 0.4) is 0 Å². The first-order chi connectivity index (χ1) is 10.4. The van der Waals surface area contributed by atoms with Gasteiger partial charge in [-0.3, -0.25) is 9.59 Å². The molecule has 0 fully saturated rings. The van der Waals surface area contributed by atoms with Gasteiger partial charge in [-0.15, -0.1) is 0 Å². The average Bonchev–Trinajstić information content (AvgIpc) is 2.43. The van der Waals surface area contributed by atoms with Crippen LogP contribution in [0, 0.1) is 25.2 Å². The standard InChI is InChI=1S/C16H22N2O4/c1-10(2)21-7-8-22-15(19)6-5-13-11(3)14(9-17)16(20)18-12(13)4/h10H,5-8H2,1-4H3,(H,18,20). The minimum atomic E-state index is -0.394. The molecule has 0 atom stereocenters. The molecule has 0 saturated carbocycles. The Morgan fingerprint density at radius 2 is 2.00 bits per heavy atom. The fraction of sp³-hybridized carbons (Fsp3) is 0.562. The molecule has 0 saturated heterocycles. The van der Waals surface area contributed by atoms with Crippen LogP contribution in [0.15, 0.2) is 4.79 Å². The van der Waals surface area contributed by atoms with E-state index in [2.05, 4.69) is 4.98 Å². The molecule has 1 aromatic rings. The number of nitriles is 1. The highest BCUT2D eigenvalue weighted by Gasteiger charge is 2.13. The summed E-state index contributed by atoms with van der Waals surface area (Å²) < 4.78 is 10.4. The van der Waals surface area contributed by atoms with E-state index in [1.807, 2.05) is 19.9 Å². The molecule has 0 aromatic carbocycles. The van der Waals surface area contributed by atoms with E-state index in [0.29, 0.717) is 24.3 Å². The van der Waals surface area contributed by atoms with Gasteiger partial charge in [0.1, 0.15) is 18.2 Å². The molecule has 6 nitrogen and oxygen atoms in total. The molecule has 1 rings (SSSR count). The van der Waals surface area contributed by atoms with Crippen molar-refractivity contribution in [3.8, 4) is 6.07 Å². The second-order valence-electron chi connectivity index (χ2n) is 5.31. The quantitative estimate of drug-likeness (QED) is 0.612. The number of H-pyrrole nitrogens is 1.